The van der Waals surface area contributed by atoms with Crippen molar-refractivity contribution >= 4 is 11.6 Å². The molecule has 0 bridgehead atoms. The molecule has 1 aromatic carbocycles. The second kappa shape index (κ2) is 5.44. The molecule has 1 N–H and O–H groups in total. The standard InChI is InChI=1S/C6H6.C4H4ClN/c1-2-4-6-5-3-1;5-4-1-2-6-3-4/h1-6H;1-3,6H. The van der Waals surface area contributed by atoms with Crippen LogP contribution in [-0.4, -0.2) is 4.98 Å². The Morgan fingerprint density at radius 3 is 1.58 bits per heavy atom. The number of aromatic amines is 1. The van der Waals surface area contributed by atoms with Gasteiger partial charge in [-0.2, -0.15) is 0 Å². The van der Waals surface area contributed by atoms with Crippen LogP contribution in [0.25, 0.3) is 0 Å². The van der Waals surface area contributed by atoms with E-state index >= 15 is 0 Å². The molecule has 0 atom stereocenters. The zero-order valence-electron chi connectivity index (χ0n) is 6.57. The van der Waals surface area contributed by atoms with Gasteiger partial charge in [-0.25, -0.2) is 0 Å². The molecular formula is C10H10ClN. The van der Waals surface area contributed by atoms with Crippen LogP contribution in [0.1, 0.15) is 0 Å². The van der Waals surface area contributed by atoms with Crippen LogP contribution in [0, 0.1) is 0 Å². The minimum atomic E-state index is 0.759. The van der Waals surface area contributed by atoms with Crippen molar-refractivity contribution in [2.75, 3.05) is 0 Å². The van der Waals surface area contributed by atoms with Gasteiger partial charge in [0.15, 0.2) is 0 Å². The van der Waals surface area contributed by atoms with Crippen LogP contribution in [0.4, 0.5) is 0 Å². The predicted octanol–water partition coefficient (Wildman–Crippen LogP) is 3.35. The molecule has 1 aromatic heterocycles. The quantitative estimate of drug-likeness (QED) is 0.639. The van der Waals surface area contributed by atoms with Crippen LogP contribution >= 0.6 is 11.6 Å². The Balaban J connectivity index is 0.000000120. The molecule has 0 aliphatic heterocycles. The number of halogens is 1. The summed E-state index contributed by atoms with van der Waals surface area (Å²) in [5.41, 5.74) is 0. The monoisotopic (exact) mass is 179 g/mol. The van der Waals surface area contributed by atoms with Crippen LogP contribution in [0.15, 0.2) is 54.9 Å². The number of hydrogen-bond acceptors (Lipinski definition) is 0. The minimum Gasteiger partial charge on any atom is -0.366 e. The SMILES string of the molecule is Clc1cc[nH]c1.c1ccccc1. The summed E-state index contributed by atoms with van der Waals surface area (Å²) in [5, 5.41) is 0.759. The highest BCUT2D eigenvalue weighted by molar-refractivity contribution is 6.30. The van der Waals surface area contributed by atoms with Crippen LogP contribution in [-0.2, 0) is 0 Å². The summed E-state index contributed by atoms with van der Waals surface area (Å²) >= 11 is 5.42. The third kappa shape index (κ3) is 3.84. The van der Waals surface area contributed by atoms with Crippen LogP contribution < -0.4 is 0 Å². The Morgan fingerprint density at radius 2 is 1.42 bits per heavy atom. The lowest BCUT2D eigenvalue weighted by Crippen LogP contribution is -1.47. The first kappa shape index (κ1) is 8.88. The van der Waals surface area contributed by atoms with Gasteiger partial charge in [-0.05, 0) is 6.07 Å². The van der Waals surface area contributed by atoms with E-state index in [9.17, 15) is 0 Å². The Labute approximate surface area is 77.0 Å². The number of hydrogen-bond donors (Lipinski definition) is 1. The largest absolute Gasteiger partial charge is 0.366 e. The molecule has 0 unspecified atom stereocenters. The predicted molar refractivity (Wildman–Crippen MR) is 52.2 cm³/mol. The molecule has 2 rings (SSSR count). The molecule has 1 heterocycles. The van der Waals surface area contributed by atoms with Crippen molar-refractivity contribution in [1.29, 1.82) is 0 Å². The molecule has 0 amide bonds. The number of H-pyrrole nitrogens is 1. The average Bonchev–Trinajstić information content (AvgIpc) is 2.60. The van der Waals surface area contributed by atoms with Crippen molar-refractivity contribution in [2.45, 2.75) is 0 Å². The van der Waals surface area contributed by atoms with E-state index in [-0.39, 0.29) is 0 Å². The Kier molecular flexibility index (Phi) is 4.03. The molecule has 0 saturated heterocycles. The first-order chi connectivity index (χ1) is 5.89. The Bertz CT molecular complexity index is 249. The maximum atomic E-state index is 5.42. The molecule has 0 radical (unpaired) electrons. The van der Waals surface area contributed by atoms with Gasteiger partial charge in [-0.3, -0.25) is 0 Å². The van der Waals surface area contributed by atoms with Gasteiger partial charge < -0.3 is 4.98 Å². The van der Waals surface area contributed by atoms with Crippen molar-refractivity contribution in [3.05, 3.63) is 59.9 Å². The molecule has 0 fully saturated rings. The van der Waals surface area contributed by atoms with Crippen molar-refractivity contribution in [3.63, 3.8) is 0 Å². The lowest BCUT2D eigenvalue weighted by atomic mass is 10.4. The third-order valence-electron chi connectivity index (χ3n) is 1.23. The fourth-order valence-corrected chi connectivity index (χ4v) is 0.814. The summed E-state index contributed by atoms with van der Waals surface area (Å²) in [6, 6.07) is 13.8. The topological polar surface area (TPSA) is 15.8 Å². The lowest BCUT2D eigenvalue weighted by molar-refractivity contribution is 1.41. The molecule has 0 saturated carbocycles. The van der Waals surface area contributed by atoms with Crippen molar-refractivity contribution in [3.8, 4) is 0 Å². The Hall–Kier alpha value is -1.21. The van der Waals surface area contributed by atoms with E-state index in [1.807, 2.05) is 36.4 Å². The van der Waals surface area contributed by atoms with Gasteiger partial charge in [0.2, 0.25) is 0 Å². The van der Waals surface area contributed by atoms with Crippen molar-refractivity contribution < 1.29 is 0 Å². The third-order valence-corrected chi connectivity index (χ3v) is 1.46. The molecule has 62 valence electrons. The summed E-state index contributed by atoms with van der Waals surface area (Å²) in [5.74, 6) is 0. The maximum absolute atomic E-state index is 5.42. The van der Waals surface area contributed by atoms with Gasteiger partial charge in [-0.1, -0.05) is 48.0 Å². The fraction of sp³-hybridized carbons (Fsp3) is 0. The van der Waals surface area contributed by atoms with Gasteiger partial charge in [0.25, 0.3) is 0 Å². The number of aromatic nitrogens is 1. The first-order valence-corrected chi connectivity index (χ1v) is 4.05. The van der Waals surface area contributed by atoms with Gasteiger partial charge in [0.1, 0.15) is 0 Å². The normalized spacial score (nSPS) is 8.42. The van der Waals surface area contributed by atoms with Crippen molar-refractivity contribution in [2.24, 2.45) is 0 Å². The van der Waals surface area contributed by atoms with E-state index in [4.69, 9.17) is 11.6 Å². The van der Waals surface area contributed by atoms with Gasteiger partial charge >= 0.3 is 0 Å². The number of benzene rings is 1. The number of nitrogens with one attached hydrogen (secondary N) is 1. The molecule has 12 heavy (non-hydrogen) atoms. The molecule has 2 heteroatoms. The van der Waals surface area contributed by atoms with E-state index in [0.717, 1.165) is 5.02 Å². The first-order valence-electron chi connectivity index (χ1n) is 3.68. The highest BCUT2D eigenvalue weighted by atomic mass is 35.5. The average molecular weight is 180 g/mol. The summed E-state index contributed by atoms with van der Waals surface area (Å²) < 4.78 is 0. The second-order valence-electron chi connectivity index (χ2n) is 2.18. The van der Waals surface area contributed by atoms with E-state index in [2.05, 4.69) is 4.98 Å². The van der Waals surface area contributed by atoms with Gasteiger partial charge in [0.05, 0.1) is 5.02 Å². The van der Waals surface area contributed by atoms with E-state index in [0.29, 0.717) is 0 Å². The summed E-state index contributed by atoms with van der Waals surface area (Å²) in [6.45, 7) is 0. The van der Waals surface area contributed by atoms with Crippen LogP contribution in [0.5, 0.6) is 0 Å². The molecule has 0 spiro atoms. The van der Waals surface area contributed by atoms with Crippen LogP contribution in [0.3, 0.4) is 0 Å². The summed E-state index contributed by atoms with van der Waals surface area (Å²) in [7, 11) is 0. The smallest absolute Gasteiger partial charge is 0.0580 e. The molecule has 1 nitrogen and oxygen atoms in total. The summed E-state index contributed by atoms with van der Waals surface area (Å²) in [4.78, 5) is 2.80. The number of rotatable bonds is 0. The second-order valence-corrected chi connectivity index (χ2v) is 2.62. The van der Waals surface area contributed by atoms with Crippen LogP contribution in [0.2, 0.25) is 5.02 Å². The van der Waals surface area contributed by atoms with E-state index in [1.165, 1.54) is 0 Å². The zero-order chi connectivity index (χ0) is 8.65. The molecule has 0 aliphatic carbocycles. The molecular weight excluding hydrogens is 170 g/mol. The van der Waals surface area contributed by atoms with Crippen molar-refractivity contribution in [1.82, 2.24) is 4.98 Å². The Morgan fingerprint density at radius 1 is 0.917 bits per heavy atom. The van der Waals surface area contributed by atoms with Gasteiger partial charge in [0, 0.05) is 12.4 Å². The van der Waals surface area contributed by atoms with Gasteiger partial charge in [-0.15, -0.1) is 0 Å². The van der Waals surface area contributed by atoms with E-state index in [1.54, 1.807) is 18.5 Å². The fourth-order valence-electron chi connectivity index (χ4n) is 0.688. The molecule has 0 aliphatic rings. The van der Waals surface area contributed by atoms with E-state index < -0.39 is 0 Å². The maximum Gasteiger partial charge on any atom is 0.0580 e. The zero-order valence-corrected chi connectivity index (χ0v) is 7.33. The highest BCUT2D eigenvalue weighted by Gasteiger charge is 1.76. The minimum absolute atomic E-state index is 0.759. The summed E-state index contributed by atoms with van der Waals surface area (Å²) in [6.07, 6.45) is 3.50. The highest BCUT2D eigenvalue weighted by Crippen LogP contribution is 2.01. The molecule has 2 aromatic rings. The lowest BCUT2D eigenvalue weighted by Gasteiger charge is -1.69.